The molecule has 0 spiro atoms. The fourth-order valence-corrected chi connectivity index (χ4v) is 5.18. The summed E-state index contributed by atoms with van der Waals surface area (Å²) in [5.41, 5.74) is 7.63. The lowest BCUT2D eigenvalue weighted by Crippen LogP contribution is -2.52. The van der Waals surface area contributed by atoms with Gasteiger partial charge in [-0.2, -0.15) is 8.42 Å². The van der Waals surface area contributed by atoms with E-state index in [0.717, 1.165) is 0 Å². The molecule has 0 N–H and O–H groups in total. The molecular formula is C24H39N3O8SSi. The summed E-state index contributed by atoms with van der Waals surface area (Å²) in [4.78, 5) is 27.8. The first-order valence-electron chi connectivity index (χ1n) is 12.0. The maximum Gasteiger partial charge on any atom is 0.338 e. The Balaban J connectivity index is 2.89. The van der Waals surface area contributed by atoms with Crippen molar-refractivity contribution in [2.45, 2.75) is 65.3 Å². The molecule has 0 amide bonds. The third-order valence-electron chi connectivity index (χ3n) is 6.04. The highest BCUT2D eigenvalue weighted by molar-refractivity contribution is 7.86. The summed E-state index contributed by atoms with van der Waals surface area (Å²) in [5.74, 6) is -1.56. The highest BCUT2D eigenvalue weighted by atomic mass is 32.2. The van der Waals surface area contributed by atoms with Crippen molar-refractivity contribution < 1.29 is 36.1 Å². The second-order valence-electron chi connectivity index (χ2n) is 10.7. The maximum absolute atomic E-state index is 13.2. The molecular weight excluding hydrogens is 518 g/mol. The molecule has 1 aromatic carbocycles. The number of carbonyl (C=O) groups excluding carboxylic acids is 2. The van der Waals surface area contributed by atoms with Gasteiger partial charge in [0, 0.05) is 16.9 Å². The van der Waals surface area contributed by atoms with Gasteiger partial charge in [0.05, 0.1) is 17.9 Å². The number of ether oxygens (including phenoxy) is 2. The smallest absolute Gasteiger partial charge is 0.338 e. The summed E-state index contributed by atoms with van der Waals surface area (Å²) < 4.78 is 46.8. The van der Waals surface area contributed by atoms with Crippen LogP contribution in [0.2, 0.25) is 18.1 Å². The van der Waals surface area contributed by atoms with E-state index in [9.17, 15) is 18.0 Å². The number of benzene rings is 1. The average molecular weight is 558 g/mol. The lowest BCUT2D eigenvalue weighted by molar-refractivity contribution is -0.161. The Labute approximate surface area is 220 Å². The summed E-state index contributed by atoms with van der Waals surface area (Å²) in [6.45, 7) is 12.7. The summed E-state index contributed by atoms with van der Waals surface area (Å²) in [6.07, 6.45) is -1.02. The Morgan fingerprint density at radius 3 is 2.22 bits per heavy atom. The topological polar surface area (TPSA) is 154 Å². The van der Waals surface area contributed by atoms with Crippen molar-refractivity contribution >= 4 is 30.4 Å². The van der Waals surface area contributed by atoms with Crippen molar-refractivity contribution in [3.63, 3.8) is 0 Å². The van der Waals surface area contributed by atoms with Gasteiger partial charge in [-0.25, -0.2) is 9.59 Å². The van der Waals surface area contributed by atoms with E-state index in [4.69, 9.17) is 23.6 Å². The zero-order valence-corrected chi connectivity index (χ0v) is 24.5. The first-order valence-corrected chi connectivity index (χ1v) is 16.5. The van der Waals surface area contributed by atoms with Gasteiger partial charge in [0.15, 0.2) is 14.4 Å². The standard InChI is InChI=1S/C24H39N3O8SSi/c1-23(2,3)37(6,7)35-20(24(4,5)18-34-36(30,31)17-11-14-26-27-25)22(29)33-16-15-32-21(28)19-12-9-8-10-13-19/h8-10,12-13,20H,11,14-18H2,1-7H3/t20-/m0/s1. The van der Waals surface area contributed by atoms with Gasteiger partial charge in [-0.1, -0.05) is 57.9 Å². The van der Waals surface area contributed by atoms with Crippen LogP contribution in [-0.4, -0.2) is 66.9 Å². The number of hydrogen-bond donors (Lipinski definition) is 0. The molecule has 0 radical (unpaired) electrons. The third kappa shape index (κ3) is 11.2. The molecule has 0 bridgehead atoms. The van der Waals surface area contributed by atoms with Crippen molar-refractivity contribution in [1.82, 2.24) is 0 Å². The highest BCUT2D eigenvalue weighted by Crippen LogP contribution is 2.40. The Bertz CT molecular complexity index is 1050. The average Bonchev–Trinajstić information content (AvgIpc) is 2.81. The van der Waals surface area contributed by atoms with Gasteiger partial charge in [0.25, 0.3) is 10.1 Å². The Morgan fingerprint density at radius 2 is 1.65 bits per heavy atom. The molecule has 0 aliphatic carbocycles. The van der Waals surface area contributed by atoms with Crippen LogP contribution in [0.25, 0.3) is 10.4 Å². The Morgan fingerprint density at radius 1 is 1.05 bits per heavy atom. The largest absolute Gasteiger partial charge is 0.460 e. The molecule has 208 valence electrons. The normalized spacial score (nSPS) is 13.4. The first kappa shape index (κ1) is 32.6. The Hall–Kier alpha value is -2.44. The zero-order valence-electron chi connectivity index (χ0n) is 22.7. The van der Waals surface area contributed by atoms with Crippen LogP contribution in [0.4, 0.5) is 0 Å². The molecule has 1 rings (SSSR count). The number of hydrogen-bond acceptors (Lipinski definition) is 9. The molecule has 0 aromatic heterocycles. The fraction of sp³-hybridized carbons (Fsp3) is 0.667. The van der Waals surface area contributed by atoms with Crippen LogP contribution in [0, 0.1) is 5.41 Å². The first-order chi connectivity index (χ1) is 17.0. The number of rotatable bonds is 15. The van der Waals surface area contributed by atoms with E-state index in [0.29, 0.717) is 5.56 Å². The third-order valence-corrected chi connectivity index (χ3v) is 11.7. The van der Waals surface area contributed by atoms with Gasteiger partial charge in [0.2, 0.25) is 0 Å². The molecule has 0 fully saturated rings. The van der Waals surface area contributed by atoms with Crippen LogP contribution in [0.1, 0.15) is 51.4 Å². The van der Waals surface area contributed by atoms with E-state index >= 15 is 0 Å². The van der Waals surface area contributed by atoms with Crippen LogP contribution >= 0.6 is 0 Å². The molecule has 0 unspecified atom stereocenters. The monoisotopic (exact) mass is 557 g/mol. The molecule has 1 atom stereocenters. The van der Waals surface area contributed by atoms with Crippen LogP contribution < -0.4 is 0 Å². The highest BCUT2D eigenvalue weighted by Gasteiger charge is 2.47. The second-order valence-corrected chi connectivity index (χ2v) is 17.3. The van der Waals surface area contributed by atoms with Crippen molar-refractivity contribution in [1.29, 1.82) is 0 Å². The van der Waals surface area contributed by atoms with Crippen molar-refractivity contribution in [2.24, 2.45) is 10.5 Å². The summed E-state index contributed by atoms with van der Waals surface area (Å²) in [6, 6.07) is 8.44. The minimum Gasteiger partial charge on any atom is -0.460 e. The molecule has 37 heavy (non-hydrogen) atoms. The van der Waals surface area contributed by atoms with Gasteiger partial charge < -0.3 is 13.9 Å². The van der Waals surface area contributed by atoms with E-state index in [2.05, 4.69) is 10.0 Å². The maximum atomic E-state index is 13.2. The molecule has 0 heterocycles. The molecule has 0 saturated heterocycles. The second kappa shape index (κ2) is 13.9. The summed E-state index contributed by atoms with van der Waals surface area (Å²) in [7, 11) is -6.41. The quantitative estimate of drug-likeness (QED) is 0.0564. The van der Waals surface area contributed by atoms with Crippen molar-refractivity contribution in [3.05, 3.63) is 46.3 Å². The minimum atomic E-state index is -3.92. The summed E-state index contributed by atoms with van der Waals surface area (Å²) >= 11 is 0. The van der Waals surface area contributed by atoms with Crippen LogP contribution in [0.15, 0.2) is 35.4 Å². The van der Waals surface area contributed by atoms with Gasteiger partial charge in [-0.3, -0.25) is 4.18 Å². The predicted molar refractivity (Wildman–Crippen MR) is 142 cm³/mol. The van der Waals surface area contributed by atoms with E-state index in [1.165, 1.54) is 0 Å². The van der Waals surface area contributed by atoms with Crippen LogP contribution in [0.3, 0.4) is 0 Å². The van der Waals surface area contributed by atoms with Gasteiger partial charge in [-0.05, 0) is 42.2 Å². The SMILES string of the molecule is CC(C)(COS(=O)(=O)CCCN=[N+]=[N-])[C@@H](O[Si](C)(C)C(C)(C)C)C(=O)OCCOC(=O)c1ccccc1. The fourth-order valence-electron chi connectivity index (χ4n) is 2.74. The van der Waals surface area contributed by atoms with E-state index in [1.807, 2.05) is 33.9 Å². The van der Waals surface area contributed by atoms with Crippen LogP contribution in [-0.2, 0) is 33.0 Å². The van der Waals surface area contributed by atoms with E-state index in [-0.39, 0.29) is 43.6 Å². The van der Waals surface area contributed by atoms with Gasteiger partial charge >= 0.3 is 11.9 Å². The van der Waals surface area contributed by atoms with Crippen molar-refractivity contribution in [3.8, 4) is 0 Å². The molecule has 1 aromatic rings. The summed E-state index contributed by atoms with van der Waals surface area (Å²) in [5, 5.41) is 3.08. The minimum absolute atomic E-state index is 0.0285. The van der Waals surface area contributed by atoms with E-state index < -0.39 is 41.9 Å². The van der Waals surface area contributed by atoms with Crippen molar-refractivity contribution in [2.75, 3.05) is 32.1 Å². The van der Waals surface area contributed by atoms with Gasteiger partial charge in [-0.15, -0.1) is 0 Å². The zero-order chi connectivity index (χ0) is 28.3. The lowest BCUT2D eigenvalue weighted by atomic mass is 9.87. The molecule has 11 nitrogen and oxygen atoms in total. The van der Waals surface area contributed by atoms with Crippen LogP contribution in [0.5, 0.6) is 0 Å². The van der Waals surface area contributed by atoms with E-state index in [1.54, 1.807) is 44.2 Å². The molecule has 13 heteroatoms. The molecule has 0 aliphatic rings. The molecule has 0 saturated carbocycles. The lowest BCUT2D eigenvalue weighted by Gasteiger charge is -2.42. The molecule has 0 aliphatic heterocycles. The predicted octanol–water partition coefficient (Wildman–Crippen LogP) is 4.85. The Kier molecular flexibility index (Phi) is 12.3. The van der Waals surface area contributed by atoms with Gasteiger partial charge in [0.1, 0.15) is 13.2 Å². The number of nitrogens with zero attached hydrogens (tertiary/aromatic N) is 3. The number of azide groups is 1. The number of carbonyl (C=O) groups is 2. The number of esters is 2.